The molecule has 2 N–H and O–H groups in total. The molecule has 1 aliphatic carbocycles. The van der Waals surface area contributed by atoms with E-state index < -0.39 is 6.04 Å². The highest BCUT2D eigenvalue weighted by Crippen LogP contribution is 2.28. The molecule has 0 saturated heterocycles. The summed E-state index contributed by atoms with van der Waals surface area (Å²) in [6.07, 6.45) is 7.80. The Hall–Kier alpha value is -2.67. The highest BCUT2D eigenvalue weighted by molar-refractivity contribution is 7.09. The lowest BCUT2D eigenvalue weighted by molar-refractivity contribution is -0.124. The molecule has 1 unspecified atom stereocenters. The first-order valence-electron chi connectivity index (χ1n) is 13.5. The van der Waals surface area contributed by atoms with Gasteiger partial charge in [-0.05, 0) is 67.7 Å². The molecule has 4 rings (SSSR count). The van der Waals surface area contributed by atoms with Crippen molar-refractivity contribution in [2.45, 2.75) is 97.2 Å². The predicted molar refractivity (Wildman–Crippen MR) is 148 cm³/mol. The van der Waals surface area contributed by atoms with Crippen molar-refractivity contribution in [3.05, 3.63) is 52.0 Å². The van der Waals surface area contributed by atoms with Crippen LogP contribution in [0, 0.1) is 5.92 Å². The van der Waals surface area contributed by atoms with Crippen molar-refractivity contribution in [3.8, 4) is 0 Å². The van der Waals surface area contributed by atoms with Crippen molar-refractivity contribution in [3.63, 3.8) is 0 Å². The molecule has 0 bridgehead atoms. The summed E-state index contributed by atoms with van der Waals surface area (Å²) in [5, 5.41) is 8.28. The van der Waals surface area contributed by atoms with Gasteiger partial charge < -0.3 is 15.2 Å². The van der Waals surface area contributed by atoms with Crippen molar-refractivity contribution in [2.24, 2.45) is 5.92 Å². The Morgan fingerprint density at radius 2 is 1.89 bits per heavy atom. The van der Waals surface area contributed by atoms with Crippen molar-refractivity contribution in [1.82, 2.24) is 20.2 Å². The molecular formula is C29H40N4O2S. The minimum absolute atomic E-state index is 0.0683. The highest BCUT2D eigenvalue weighted by Gasteiger charge is 2.26. The second-order valence-corrected chi connectivity index (χ2v) is 11.5. The second kappa shape index (κ2) is 12.0. The highest BCUT2D eigenvalue weighted by atomic mass is 32.1. The van der Waals surface area contributed by atoms with Crippen LogP contribution in [0.1, 0.15) is 99.7 Å². The van der Waals surface area contributed by atoms with Gasteiger partial charge in [0.2, 0.25) is 5.91 Å². The summed E-state index contributed by atoms with van der Waals surface area (Å²) in [7, 11) is 0. The summed E-state index contributed by atoms with van der Waals surface area (Å²) >= 11 is 1.74. The third kappa shape index (κ3) is 6.17. The lowest BCUT2D eigenvalue weighted by atomic mass is 10.0. The number of aromatic nitrogens is 2. The van der Waals surface area contributed by atoms with Crippen LogP contribution in [-0.2, 0) is 11.2 Å². The van der Waals surface area contributed by atoms with E-state index in [9.17, 15) is 9.59 Å². The fourth-order valence-electron chi connectivity index (χ4n) is 5.36. The average Bonchev–Trinajstić information content (AvgIpc) is 3.61. The third-order valence-corrected chi connectivity index (χ3v) is 8.15. The van der Waals surface area contributed by atoms with Crippen LogP contribution in [0.15, 0.2) is 35.7 Å². The number of fused-ring (bicyclic) bond motifs is 1. The zero-order valence-corrected chi connectivity index (χ0v) is 22.9. The summed E-state index contributed by atoms with van der Waals surface area (Å²) in [5.41, 5.74) is 2.43. The zero-order valence-electron chi connectivity index (χ0n) is 22.0. The number of nitrogens with one attached hydrogen (secondary N) is 2. The first-order chi connectivity index (χ1) is 17.4. The molecule has 1 aliphatic rings. The molecule has 1 atom stereocenters. The maximum absolute atomic E-state index is 13.3. The van der Waals surface area contributed by atoms with Gasteiger partial charge in [0.05, 0.1) is 11.0 Å². The molecule has 2 aromatic heterocycles. The number of amides is 2. The van der Waals surface area contributed by atoms with Gasteiger partial charge in [-0.1, -0.05) is 46.6 Å². The Kier molecular flexibility index (Phi) is 8.83. The molecular weight excluding hydrogens is 468 g/mol. The number of benzene rings is 1. The lowest BCUT2D eigenvalue weighted by Crippen LogP contribution is -2.49. The summed E-state index contributed by atoms with van der Waals surface area (Å²) < 4.78 is 2.35. The van der Waals surface area contributed by atoms with Crippen molar-refractivity contribution >= 4 is 34.2 Å². The Labute approximate surface area is 218 Å². The van der Waals surface area contributed by atoms with E-state index in [0.717, 1.165) is 61.8 Å². The summed E-state index contributed by atoms with van der Waals surface area (Å²) in [6, 6.07) is 10.0. The van der Waals surface area contributed by atoms with Crippen LogP contribution < -0.4 is 10.6 Å². The molecule has 2 heterocycles. The van der Waals surface area contributed by atoms with E-state index in [1.54, 1.807) is 11.3 Å². The number of carbonyl (C=O) groups excluding carboxylic acids is 2. The smallest absolute Gasteiger partial charge is 0.252 e. The van der Waals surface area contributed by atoms with E-state index in [1.807, 2.05) is 18.2 Å². The molecule has 7 heteroatoms. The fraction of sp³-hybridized carbons (Fsp3) is 0.552. The van der Waals surface area contributed by atoms with Crippen LogP contribution in [0.3, 0.4) is 0 Å². The van der Waals surface area contributed by atoms with Crippen LogP contribution in [0.25, 0.3) is 11.0 Å². The molecule has 0 spiro atoms. The maximum atomic E-state index is 13.3. The van der Waals surface area contributed by atoms with Gasteiger partial charge in [-0.25, -0.2) is 4.98 Å². The molecule has 0 radical (unpaired) electrons. The quantitative estimate of drug-likeness (QED) is 0.321. The molecule has 194 valence electrons. The van der Waals surface area contributed by atoms with E-state index in [2.05, 4.69) is 60.4 Å². The summed E-state index contributed by atoms with van der Waals surface area (Å²) in [6.45, 7) is 8.58. The third-order valence-electron chi connectivity index (χ3n) is 7.28. The van der Waals surface area contributed by atoms with Crippen LogP contribution in [0.5, 0.6) is 0 Å². The Balaban J connectivity index is 1.58. The molecule has 1 fully saturated rings. The van der Waals surface area contributed by atoms with E-state index in [1.165, 1.54) is 4.88 Å². The first kappa shape index (κ1) is 26.4. The van der Waals surface area contributed by atoms with Crippen LogP contribution >= 0.6 is 11.3 Å². The first-order valence-corrected chi connectivity index (χ1v) is 14.4. The Bertz CT molecular complexity index is 1160. The molecule has 1 aromatic carbocycles. The largest absolute Gasteiger partial charge is 0.352 e. The van der Waals surface area contributed by atoms with Gasteiger partial charge in [-0.2, -0.15) is 0 Å². The topological polar surface area (TPSA) is 76.0 Å². The lowest BCUT2D eigenvalue weighted by Gasteiger charge is -2.22. The average molecular weight is 509 g/mol. The van der Waals surface area contributed by atoms with E-state index in [0.29, 0.717) is 23.9 Å². The number of thiophene rings is 1. The SMILES string of the molecule is CCC(CC)n1c(Cc2cccs2)nc2cc(C(=O)NC(CC(C)C)C(=O)NC3CCCC3)ccc21. The summed E-state index contributed by atoms with van der Waals surface area (Å²) in [4.78, 5) is 32.6. The molecule has 6 nitrogen and oxygen atoms in total. The Morgan fingerprint density at radius 3 is 2.53 bits per heavy atom. The van der Waals surface area contributed by atoms with Crippen LogP contribution in [0.4, 0.5) is 0 Å². The van der Waals surface area contributed by atoms with Gasteiger partial charge >= 0.3 is 0 Å². The zero-order chi connectivity index (χ0) is 25.7. The van der Waals surface area contributed by atoms with Crippen LogP contribution in [0.2, 0.25) is 0 Å². The minimum Gasteiger partial charge on any atom is -0.352 e. The second-order valence-electron chi connectivity index (χ2n) is 10.5. The van der Waals surface area contributed by atoms with Crippen molar-refractivity contribution in [2.75, 3.05) is 0 Å². The van der Waals surface area contributed by atoms with E-state index in [-0.39, 0.29) is 17.9 Å². The number of nitrogens with zero attached hydrogens (tertiary/aromatic N) is 2. The van der Waals surface area contributed by atoms with Gasteiger partial charge in [-0.15, -0.1) is 11.3 Å². The summed E-state index contributed by atoms with van der Waals surface area (Å²) in [5.74, 6) is 1.04. The fourth-order valence-corrected chi connectivity index (χ4v) is 6.06. The number of hydrogen-bond acceptors (Lipinski definition) is 4. The maximum Gasteiger partial charge on any atom is 0.252 e. The van der Waals surface area contributed by atoms with E-state index >= 15 is 0 Å². The molecule has 3 aromatic rings. The van der Waals surface area contributed by atoms with Crippen LogP contribution in [-0.4, -0.2) is 33.4 Å². The van der Waals surface area contributed by atoms with Gasteiger partial charge in [-0.3, -0.25) is 9.59 Å². The number of imidazole rings is 1. The standard InChI is InChI=1S/C29H40N4O2S/c1-5-22(6-2)33-26-14-13-20(17-24(26)31-27(33)18-23-12-9-15-36-23)28(34)32-25(16-19(3)4)29(35)30-21-10-7-8-11-21/h9,12-15,17,19,21-22,25H,5-8,10-11,16,18H2,1-4H3,(H,30,35)(H,32,34). The van der Waals surface area contributed by atoms with Gasteiger partial charge in [0.15, 0.2) is 0 Å². The van der Waals surface area contributed by atoms with Gasteiger partial charge in [0.25, 0.3) is 5.91 Å². The van der Waals surface area contributed by atoms with Gasteiger partial charge in [0, 0.05) is 28.9 Å². The number of rotatable bonds is 11. The van der Waals surface area contributed by atoms with Crippen molar-refractivity contribution < 1.29 is 9.59 Å². The number of hydrogen-bond donors (Lipinski definition) is 2. The monoisotopic (exact) mass is 508 g/mol. The molecule has 2 amide bonds. The van der Waals surface area contributed by atoms with Gasteiger partial charge in [0.1, 0.15) is 11.9 Å². The predicted octanol–water partition coefficient (Wildman–Crippen LogP) is 6.25. The Morgan fingerprint density at radius 1 is 1.14 bits per heavy atom. The van der Waals surface area contributed by atoms with E-state index in [4.69, 9.17) is 4.98 Å². The normalized spacial score (nSPS) is 15.2. The molecule has 0 aliphatic heterocycles. The molecule has 1 saturated carbocycles. The number of carbonyl (C=O) groups is 2. The molecule has 36 heavy (non-hydrogen) atoms. The minimum atomic E-state index is -0.537. The van der Waals surface area contributed by atoms with Crippen molar-refractivity contribution in [1.29, 1.82) is 0 Å².